The molecule has 2 aromatic rings. The summed E-state index contributed by atoms with van der Waals surface area (Å²) in [5, 5.41) is 9.09. The second-order valence-corrected chi connectivity index (χ2v) is 7.52. The van der Waals surface area contributed by atoms with Crippen LogP contribution in [0.2, 0.25) is 0 Å². The van der Waals surface area contributed by atoms with Gasteiger partial charge in [-0.15, -0.1) is 0 Å². The summed E-state index contributed by atoms with van der Waals surface area (Å²) < 4.78 is 39.7. The predicted octanol–water partition coefficient (Wildman–Crippen LogP) is 3.03. The van der Waals surface area contributed by atoms with Crippen molar-refractivity contribution in [3.8, 4) is 0 Å². The van der Waals surface area contributed by atoms with Crippen LogP contribution in [0.15, 0.2) is 12.1 Å². The Morgan fingerprint density at radius 3 is 2.38 bits per heavy atom. The summed E-state index contributed by atoms with van der Waals surface area (Å²) in [6, 6.07) is 1.64. The van der Waals surface area contributed by atoms with Crippen LogP contribution >= 0.6 is 0 Å². The van der Waals surface area contributed by atoms with Crippen molar-refractivity contribution in [3.63, 3.8) is 0 Å². The third-order valence-corrected chi connectivity index (χ3v) is 5.44. The number of nitrogens with one attached hydrogen (secondary N) is 3. The number of carbonyl (C=O) groups excluding carboxylic acids is 1. The first kappa shape index (κ1) is 19.3. The molecule has 154 valence electrons. The summed E-state index contributed by atoms with van der Waals surface area (Å²) in [5.41, 5.74) is 1.47. The van der Waals surface area contributed by atoms with Crippen LogP contribution in [0, 0.1) is 24.4 Å². The molecule has 1 atom stereocenters. The number of halogens is 3. The summed E-state index contributed by atoms with van der Waals surface area (Å²) in [5.74, 6) is -2.90. The van der Waals surface area contributed by atoms with Gasteiger partial charge < -0.3 is 20.9 Å². The van der Waals surface area contributed by atoms with Gasteiger partial charge >= 0.3 is 0 Å². The maximum absolute atomic E-state index is 13.3. The van der Waals surface area contributed by atoms with E-state index in [1.54, 1.807) is 18.7 Å². The van der Waals surface area contributed by atoms with Gasteiger partial charge in [0.25, 0.3) is 0 Å². The fraction of sp³-hybridized carbons (Fsp3) is 0.421. The largest absolute Gasteiger partial charge is 0.382 e. The molecule has 1 aromatic heterocycles. The van der Waals surface area contributed by atoms with E-state index in [0.717, 1.165) is 12.1 Å². The minimum absolute atomic E-state index is 0.00234. The van der Waals surface area contributed by atoms with E-state index < -0.39 is 17.5 Å². The molecule has 1 aliphatic heterocycles. The molecule has 2 aliphatic rings. The van der Waals surface area contributed by atoms with Gasteiger partial charge in [-0.25, -0.2) is 18.2 Å². The van der Waals surface area contributed by atoms with E-state index in [1.165, 1.54) is 0 Å². The SMILES string of the molecule is Cc1nc(NC2CC(Nc3cc(F)c(F)c(F)c3)C2)nc2c1NC(=O)[C@H](C)N2C. The van der Waals surface area contributed by atoms with E-state index >= 15 is 0 Å². The van der Waals surface area contributed by atoms with Crippen molar-refractivity contribution in [3.05, 3.63) is 35.3 Å². The number of rotatable bonds is 4. The lowest BCUT2D eigenvalue weighted by atomic mass is 9.86. The van der Waals surface area contributed by atoms with Crippen molar-refractivity contribution < 1.29 is 18.0 Å². The number of nitrogens with zero attached hydrogens (tertiary/aromatic N) is 3. The van der Waals surface area contributed by atoms with E-state index in [9.17, 15) is 18.0 Å². The maximum atomic E-state index is 13.3. The molecule has 1 aromatic carbocycles. The van der Waals surface area contributed by atoms with E-state index in [2.05, 4.69) is 25.9 Å². The third kappa shape index (κ3) is 3.54. The molecule has 2 heterocycles. The summed E-state index contributed by atoms with van der Waals surface area (Å²) in [6.07, 6.45) is 1.37. The Labute approximate surface area is 165 Å². The van der Waals surface area contributed by atoms with Gasteiger partial charge in [-0.1, -0.05) is 0 Å². The highest BCUT2D eigenvalue weighted by Gasteiger charge is 2.33. The van der Waals surface area contributed by atoms with Crippen LogP contribution in [0.25, 0.3) is 0 Å². The molecule has 1 aliphatic carbocycles. The molecular weight excluding hydrogens is 385 g/mol. The first-order valence-electron chi connectivity index (χ1n) is 9.33. The molecule has 29 heavy (non-hydrogen) atoms. The second kappa shape index (κ2) is 7.09. The Hall–Kier alpha value is -3.04. The molecule has 3 N–H and O–H groups in total. The normalized spacial score (nSPS) is 23.2. The molecule has 1 amide bonds. The first-order valence-corrected chi connectivity index (χ1v) is 9.33. The number of aryl methyl sites for hydroxylation is 1. The van der Waals surface area contributed by atoms with Gasteiger partial charge in [-0.2, -0.15) is 4.98 Å². The molecule has 7 nitrogen and oxygen atoms in total. The number of fused-ring (bicyclic) bond motifs is 1. The van der Waals surface area contributed by atoms with Gasteiger partial charge in [-0.05, 0) is 26.7 Å². The number of hydrogen-bond donors (Lipinski definition) is 3. The van der Waals surface area contributed by atoms with Gasteiger partial charge in [0.2, 0.25) is 11.9 Å². The number of likely N-dealkylation sites (N-methyl/N-ethyl adjacent to an activating group) is 1. The van der Waals surface area contributed by atoms with E-state index in [1.807, 2.05) is 7.05 Å². The zero-order chi connectivity index (χ0) is 20.9. The lowest BCUT2D eigenvalue weighted by molar-refractivity contribution is -0.117. The molecule has 1 fully saturated rings. The highest BCUT2D eigenvalue weighted by atomic mass is 19.2. The smallest absolute Gasteiger partial charge is 0.246 e. The van der Waals surface area contributed by atoms with Crippen LogP contribution in [0.3, 0.4) is 0 Å². The van der Waals surface area contributed by atoms with Crippen molar-refractivity contribution in [1.29, 1.82) is 0 Å². The van der Waals surface area contributed by atoms with Crippen molar-refractivity contribution in [2.75, 3.05) is 27.9 Å². The first-order chi connectivity index (χ1) is 13.7. The van der Waals surface area contributed by atoms with Gasteiger partial charge in [0.1, 0.15) is 11.7 Å². The Bertz CT molecular complexity index is 956. The van der Waals surface area contributed by atoms with Crippen LogP contribution in [0.1, 0.15) is 25.5 Å². The monoisotopic (exact) mass is 406 g/mol. The minimum atomic E-state index is -1.47. The molecule has 0 spiro atoms. The molecule has 0 radical (unpaired) electrons. The Balaban J connectivity index is 1.40. The summed E-state index contributed by atoms with van der Waals surface area (Å²) in [4.78, 5) is 22.7. The standard InChI is InChI=1S/C19H21F3N6O/c1-8-16-17(28(3)9(2)18(29)26-16)27-19(23-8)25-11-4-10(5-11)24-12-6-13(20)15(22)14(21)7-12/h6-7,9-11,24H,4-5H2,1-3H3,(H,26,29)(H,23,25,27)/t9-,10?,11?/m0/s1. The van der Waals surface area contributed by atoms with Crippen molar-refractivity contribution >= 4 is 29.0 Å². The highest BCUT2D eigenvalue weighted by Crippen LogP contribution is 2.33. The number of aromatic nitrogens is 2. The highest BCUT2D eigenvalue weighted by molar-refractivity contribution is 6.03. The summed E-state index contributed by atoms with van der Waals surface area (Å²) >= 11 is 0. The fourth-order valence-electron chi connectivity index (χ4n) is 3.52. The topological polar surface area (TPSA) is 82.2 Å². The molecule has 0 bridgehead atoms. The van der Waals surface area contributed by atoms with Crippen molar-refractivity contribution in [2.45, 2.75) is 44.8 Å². The number of benzene rings is 1. The lowest BCUT2D eigenvalue weighted by Crippen LogP contribution is -2.46. The maximum Gasteiger partial charge on any atom is 0.246 e. The third-order valence-electron chi connectivity index (χ3n) is 5.44. The van der Waals surface area contributed by atoms with Crippen LogP contribution in [-0.2, 0) is 4.79 Å². The second-order valence-electron chi connectivity index (χ2n) is 7.52. The van der Waals surface area contributed by atoms with Gasteiger partial charge in [0.05, 0.1) is 5.69 Å². The van der Waals surface area contributed by atoms with Crippen molar-refractivity contribution in [1.82, 2.24) is 9.97 Å². The van der Waals surface area contributed by atoms with E-state index in [-0.39, 0.29) is 29.7 Å². The zero-order valence-electron chi connectivity index (χ0n) is 16.2. The molecule has 0 unspecified atom stereocenters. The van der Waals surface area contributed by atoms with Crippen LogP contribution in [0.5, 0.6) is 0 Å². The number of anilines is 4. The molecule has 4 rings (SSSR count). The molecule has 10 heteroatoms. The van der Waals surface area contributed by atoms with Crippen LogP contribution in [-0.4, -0.2) is 41.0 Å². The number of hydrogen-bond acceptors (Lipinski definition) is 6. The molecule has 0 saturated heterocycles. The fourth-order valence-corrected chi connectivity index (χ4v) is 3.52. The number of carbonyl (C=O) groups is 1. The molecule has 1 saturated carbocycles. The zero-order valence-corrected chi connectivity index (χ0v) is 16.2. The quantitative estimate of drug-likeness (QED) is 0.678. The van der Waals surface area contributed by atoms with Gasteiger partial charge in [0.15, 0.2) is 23.3 Å². The van der Waals surface area contributed by atoms with Crippen LogP contribution < -0.4 is 20.9 Å². The minimum Gasteiger partial charge on any atom is -0.382 e. The predicted molar refractivity (Wildman–Crippen MR) is 104 cm³/mol. The lowest BCUT2D eigenvalue weighted by Gasteiger charge is -2.37. The van der Waals surface area contributed by atoms with Crippen molar-refractivity contribution in [2.24, 2.45) is 0 Å². The Morgan fingerprint density at radius 2 is 1.72 bits per heavy atom. The van der Waals surface area contributed by atoms with E-state index in [4.69, 9.17) is 0 Å². The average Bonchev–Trinajstić information content (AvgIpc) is 2.63. The van der Waals surface area contributed by atoms with Crippen LogP contribution in [0.4, 0.5) is 36.3 Å². The summed E-state index contributed by atoms with van der Waals surface area (Å²) in [6.45, 7) is 3.60. The van der Waals surface area contributed by atoms with Gasteiger partial charge in [0, 0.05) is 37.0 Å². The Morgan fingerprint density at radius 1 is 1.10 bits per heavy atom. The summed E-state index contributed by atoms with van der Waals surface area (Å²) in [7, 11) is 1.81. The number of amides is 1. The average molecular weight is 406 g/mol. The Kier molecular flexibility index (Phi) is 4.71. The molecular formula is C19H21F3N6O. The van der Waals surface area contributed by atoms with Gasteiger partial charge in [-0.3, -0.25) is 4.79 Å². The van der Waals surface area contributed by atoms with E-state index in [0.29, 0.717) is 36.0 Å².